The Kier molecular flexibility index (Phi) is 11.0. The van der Waals surface area contributed by atoms with E-state index >= 15 is 0 Å². The van der Waals surface area contributed by atoms with Gasteiger partial charge in [0.1, 0.15) is 5.60 Å². The summed E-state index contributed by atoms with van der Waals surface area (Å²) in [6.07, 6.45) is 4.08. The number of nitrogens with two attached hydrogens (primary N) is 1. The van der Waals surface area contributed by atoms with Crippen LogP contribution in [0.1, 0.15) is 71.3 Å². The molecule has 174 valence electrons. The first-order chi connectivity index (χ1) is 14.5. The number of aryl methyl sites for hydroxylation is 1. The van der Waals surface area contributed by atoms with Crippen molar-refractivity contribution in [2.75, 3.05) is 6.54 Å². The maximum Gasteiger partial charge on any atom is 0.407 e. The predicted octanol–water partition coefficient (Wildman–Crippen LogP) is 3.34. The highest BCUT2D eigenvalue weighted by molar-refractivity contribution is 5.86. The summed E-state index contributed by atoms with van der Waals surface area (Å²) in [7, 11) is 0. The number of aliphatic carboxylic acids is 1. The standard InChI is InChI=1S/C23H37N3O5/c1-22(2,3)31-21(30)25-17-11-5-8-15-19(27)26-23(24,20(28)29)16-10-9-14-18-12-6-4-7-13-18/h4,6-7,12-13H,5,8-11,14-17,24H2,1-3H3,(H,25,30)(H,26,27)(H,28,29)/t23-/m0/s1. The summed E-state index contributed by atoms with van der Waals surface area (Å²) < 4.78 is 5.14. The molecule has 0 bridgehead atoms. The number of nitrogens with one attached hydrogen (secondary N) is 2. The van der Waals surface area contributed by atoms with Crippen LogP contribution in [0, 0.1) is 0 Å². The molecule has 1 aromatic rings. The monoisotopic (exact) mass is 435 g/mol. The van der Waals surface area contributed by atoms with Gasteiger partial charge in [0.15, 0.2) is 5.66 Å². The normalized spacial score (nSPS) is 13.2. The summed E-state index contributed by atoms with van der Waals surface area (Å²) in [5, 5.41) is 14.6. The molecule has 2 amide bonds. The molecule has 1 atom stereocenters. The van der Waals surface area contributed by atoms with Crippen molar-refractivity contribution in [1.29, 1.82) is 0 Å². The van der Waals surface area contributed by atoms with E-state index in [0.29, 0.717) is 32.2 Å². The van der Waals surface area contributed by atoms with Crippen molar-refractivity contribution in [2.24, 2.45) is 5.73 Å². The highest BCUT2D eigenvalue weighted by Gasteiger charge is 2.34. The molecule has 5 N–H and O–H groups in total. The molecule has 0 fully saturated rings. The number of hydrogen-bond acceptors (Lipinski definition) is 5. The zero-order chi connectivity index (χ0) is 23.3. The van der Waals surface area contributed by atoms with Gasteiger partial charge in [-0.2, -0.15) is 0 Å². The van der Waals surface area contributed by atoms with Crippen molar-refractivity contribution in [3.63, 3.8) is 0 Å². The van der Waals surface area contributed by atoms with Crippen LogP contribution in [0.4, 0.5) is 4.79 Å². The maximum absolute atomic E-state index is 12.2. The van der Waals surface area contributed by atoms with Gasteiger partial charge in [0.05, 0.1) is 0 Å². The Bertz CT molecular complexity index is 703. The molecule has 0 heterocycles. The Morgan fingerprint density at radius 1 is 1.00 bits per heavy atom. The number of hydrogen-bond donors (Lipinski definition) is 4. The van der Waals surface area contributed by atoms with Crippen LogP contribution in [0.5, 0.6) is 0 Å². The minimum absolute atomic E-state index is 0.167. The van der Waals surface area contributed by atoms with Crippen LogP contribution < -0.4 is 16.4 Å². The van der Waals surface area contributed by atoms with Gasteiger partial charge in [-0.25, -0.2) is 9.59 Å². The average Bonchev–Trinajstić information content (AvgIpc) is 2.67. The smallest absolute Gasteiger partial charge is 0.407 e. The quantitative estimate of drug-likeness (QED) is 0.278. The van der Waals surface area contributed by atoms with Crippen LogP contribution >= 0.6 is 0 Å². The molecule has 0 aliphatic carbocycles. The molecule has 8 nitrogen and oxygen atoms in total. The van der Waals surface area contributed by atoms with Crippen LogP contribution in [0.25, 0.3) is 0 Å². The highest BCUT2D eigenvalue weighted by atomic mass is 16.6. The molecule has 31 heavy (non-hydrogen) atoms. The van der Waals surface area contributed by atoms with Gasteiger partial charge in [-0.05, 0) is 64.9 Å². The van der Waals surface area contributed by atoms with Crippen LogP contribution in [-0.4, -0.2) is 40.9 Å². The van der Waals surface area contributed by atoms with Gasteiger partial charge in [0, 0.05) is 13.0 Å². The van der Waals surface area contributed by atoms with Gasteiger partial charge in [-0.15, -0.1) is 0 Å². The van der Waals surface area contributed by atoms with E-state index in [1.54, 1.807) is 20.8 Å². The summed E-state index contributed by atoms with van der Waals surface area (Å²) in [5.74, 6) is -1.62. The van der Waals surface area contributed by atoms with Crippen molar-refractivity contribution in [3.8, 4) is 0 Å². The Balaban J connectivity index is 2.25. The molecule has 0 saturated heterocycles. The molecule has 0 saturated carbocycles. The van der Waals surface area contributed by atoms with Crippen LogP contribution in [0.3, 0.4) is 0 Å². The van der Waals surface area contributed by atoms with Gasteiger partial charge < -0.3 is 20.5 Å². The highest BCUT2D eigenvalue weighted by Crippen LogP contribution is 2.13. The third-order valence-electron chi connectivity index (χ3n) is 4.62. The third-order valence-corrected chi connectivity index (χ3v) is 4.62. The second kappa shape index (κ2) is 12.9. The number of benzene rings is 1. The zero-order valence-electron chi connectivity index (χ0n) is 18.9. The molecule has 0 aromatic heterocycles. The largest absolute Gasteiger partial charge is 0.478 e. The van der Waals surface area contributed by atoms with E-state index in [1.165, 1.54) is 5.56 Å². The molecule has 1 aromatic carbocycles. The lowest BCUT2D eigenvalue weighted by molar-refractivity contribution is -0.148. The SMILES string of the molecule is CC(C)(C)OC(=O)NCCCCCC(=O)N[C@@](N)(CCCCc1ccccc1)C(=O)O. The van der Waals surface area contributed by atoms with Crippen molar-refractivity contribution < 1.29 is 24.2 Å². The van der Waals surface area contributed by atoms with E-state index in [4.69, 9.17) is 10.5 Å². The van der Waals surface area contributed by atoms with Crippen molar-refractivity contribution >= 4 is 18.0 Å². The van der Waals surface area contributed by atoms with Crippen LogP contribution in [-0.2, 0) is 20.7 Å². The fourth-order valence-corrected chi connectivity index (χ4v) is 3.00. The Morgan fingerprint density at radius 3 is 2.29 bits per heavy atom. The van der Waals surface area contributed by atoms with Gasteiger partial charge in [0.2, 0.25) is 5.91 Å². The van der Waals surface area contributed by atoms with E-state index in [1.807, 2.05) is 30.3 Å². The minimum atomic E-state index is -1.76. The number of ether oxygens (including phenoxy) is 1. The van der Waals surface area contributed by atoms with Gasteiger partial charge in [-0.3, -0.25) is 10.5 Å². The average molecular weight is 436 g/mol. The molecular weight excluding hydrogens is 398 g/mol. The maximum atomic E-state index is 12.2. The Morgan fingerprint density at radius 2 is 1.68 bits per heavy atom. The lowest BCUT2D eigenvalue weighted by atomic mass is 10.00. The molecule has 8 heteroatoms. The van der Waals surface area contributed by atoms with E-state index in [9.17, 15) is 19.5 Å². The second-order valence-corrected chi connectivity index (χ2v) is 8.76. The molecule has 0 unspecified atom stereocenters. The number of amides is 2. The number of carboxylic acids is 1. The number of carboxylic acid groups (broad SMARTS) is 1. The van der Waals surface area contributed by atoms with Crippen molar-refractivity contribution in [1.82, 2.24) is 10.6 Å². The Labute approximate surface area is 184 Å². The summed E-state index contributed by atoms with van der Waals surface area (Å²) in [6.45, 7) is 5.84. The number of carbonyl (C=O) groups is 3. The Hall–Kier alpha value is -2.61. The zero-order valence-corrected chi connectivity index (χ0v) is 18.9. The van der Waals surface area contributed by atoms with Gasteiger partial charge in [-0.1, -0.05) is 36.8 Å². The molecule has 0 radical (unpaired) electrons. The fraction of sp³-hybridized carbons (Fsp3) is 0.609. The van der Waals surface area contributed by atoms with Gasteiger partial charge >= 0.3 is 12.1 Å². The van der Waals surface area contributed by atoms with Crippen molar-refractivity contribution in [3.05, 3.63) is 35.9 Å². The predicted molar refractivity (Wildman–Crippen MR) is 119 cm³/mol. The van der Waals surface area contributed by atoms with E-state index < -0.39 is 23.3 Å². The molecule has 0 aliphatic rings. The number of unbranched alkanes of at least 4 members (excludes halogenated alkanes) is 3. The first-order valence-corrected chi connectivity index (χ1v) is 10.9. The van der Waals surface area contributed by atoms with Crippen LogP contribution in [0.2, 0.25) is 0 Å². The molecular formula is C23H37N3O5. The van der Waals surface area contributed by atoms with E-state index in [2.05, 4.69) is 10.6 Å². The van der Waals surface area contributed by atoms with Crippen molar-refractivity contribution in [2.45, 2.75) is 83.4 Å². The molecule has 0 aliphatic heterocycles. The topological polar surface area (TPSA) is 131 Å². The lowest BCUT2D eigenvalue weighted by Crippen LogP contribution is -2.61. The van der Waals surface area contributed by atoms with E-state index in [0.717, 1.165) is 12.8 Å². The molecule has 0 spiro atoms. The first-order valence-electron chi connectivity index (χ1n) is 10.9. The molecule has 1 rings (SSSR count). The summed E-state index contributed by atoms with van der Waals surface area (Å²) in [5.41, 5.74) is 4.85. The fourth-order valence-electron chi connectivity index (χ4n) is 3.00. The second-order valence-electron chi connectivity index (χ2n) is 8.76. The number of rotatable bonds is 13. The number of alkyl carbamates (subject to hydrolysis) is 1. The summed E-state index contributed by atoms with van der Waals surface area (Å²) in [6, 6.07) is 9.93. The van der Waals surface area contributed by atoms with E-state index in [-0.39, 0.29) is 18.7 Å². The number of carbonyl (C=O) groups excluding carboxylic acids is 2. The third kappa shape index (κ3) is 12.0. The van der Waals surface area contributed by atoms with Crippen LogP contribution in [0.15, 0.2) is 30.3 Å². The minimum Gasteiger partial charge on any atom is -0.478 e. The first kappa shape index (κ1) is 26.4. The summed E-state index contributed by atoms with van der Waals surface area (Å²) in [4.78, 5) is 35.3. The summed E-state index contributed by atoms with van der Waals surface area (Å²) >= 11 is 0. The van der Waals surface area contributed by atoms with Gasteiger partial charge in [0.25, 0.3) is 0 Å². The lowest BCUT2D eigenvalue weighted by Gasteiger charge is -2.26.